The number of hydrogen-bond donors (Lipinski definition) is 2. The molecule has 1 aromatic heterocycles. The second-order valence-electron chi connectivity index (χ2n) is 5.79. The molecule has 1 aromatic carbocycles. The highest BCUT2D eigenvalue weighted by molar-refractivity contribution is 7.17. The fourth-order valence-corrected chi connectivity index (χ4v) is 3.20. The molecule has 0 aliphatic carbocycles. The van der Waals surface area contributed by atoms with E-state index in [-0.39, 0.29) is 11.8 Å². The maximum atomic E-state index is 12.4. The second kappa shape index (κ2) is 7.37. The summed E-state index contributed by atoms with van der Waals surface area (Å²) in [4.78, 5) is 28.6. The van der Waals surface area contributed by atoms with Crippen LogP contribution in [0.2, 0.25) is 0 Å². The summed E-state index contributed by atoms with van der Waals surface area (Å²) in [5.41, 5.74) is 1.55. The Morgan fingerprint density at radius 1 is 1.26 bits per heavy atom. The highest BCUT2D eigenvalue weighted by atomic mass is 32.1. The normalized spacial score (nSPS) is 12.2. The molecule has 0 bridgehead atoms. The van der Waals surface area contributed by atoms with Gasteiger partial charge in [-0.05, 0) is 19.3 Å². The van der Waals surface area contributed by atoms with Gasteiger partial charge in [0.05, 0.1) is 5.69 Å². The van der Waals surface area contributed by atoms with Gasteiger partial charge in [0, 0.05) is 5.56 Å². The van der Waals surface area contributed by atoms with Crippen LogP contribution in [0.15, 0.2) is 30.3 Å². The minimum atomic E-state index is -1.02. The predicted octanol–water partition coefficient (Wildman–Crippen LogP) is 3.35. The monoisotopic (exact) mass is 332 g/mol. The molecule has 1 atom stereocenters. The zero-order valence-corrected chi connectivity index (χ0v) is 14.2. The first-order valence-electron chi connectivity index (χ1n) is 7.45. The Balaban J connectivity index is 2.19. The van der Waals surface area contributed by atoms with Crippen LogP contribution in [0.25, 0.3) is 10.6 Å². The average Bonchev–Trinajstić information content (AvgIpc) is 2.89. The molecule has 122 valence electrons. The summed E-state index contributed by atoms with van der Waals surface area (Å²) in [6, 6.07) is 8.71. The quantitative estimate of drug-likeness (QED) is 0.850. The number of benzene rings is 1. The highest BCUT2D eigenvalue weighted by Gasteiger charge is 2.24. The molecule has 6 heteroatoms. The van der Waals surface area contributed by atoms with E-state index >= 15 is 0 Å². The standard InChI is InChI=1S/C17H20N2O3S/c1-10(2)9-13(17(21)22)19-15(20)14-11(3)18-16(23-14)12-7-5-4-6-8-12/h4-8,10,13H,9H2,1-3H3,(H,19,20)(H,21,22). The second-order valence-corrected chi connectivity index (χ2v) is 6.79. The Morgan fingerprint density at radius 2 is 1.91 bits per heavy atom. The Labute approximate surface area is 139 Å². The summed E-state index contributed by atoms with van der Waals surface area (Å²) in [7, 11) is 0. The molecular formula is C17H20N2O3S. The van der Waals surface area contributed by atoms with E-state index in [2.05, 4.69) is 10.3 Å². The lowest BCUT2D eigenvalue weighted by molar-refractivity contribution is -0.139. The topological polar surface area (TPSA) is 79.3 Å². The van der Waals surface area contributed by atoms with Gasteiger partial charge in [0.25, 0.3) is 5.91 Å². The van der Waals surface area contributed by atoms with Gasteiger partial charge < -0.3 is 10.4 Å². The zero-order valence-electron chi connectivity index (χ0n) is 13.4. The summed E-state index contributed by atoms with van der Waals surface area (Å²) < 4.78 is 0. The fourth-order valence-electron chi connectivity index (χ4n) is 2.23. The van der Waals surface area contributed by atoms with E-state index in [9.17, 15) is 14.7 Å². The lowest BCUT2D eigenvalue weighted by Gasteiger charge is -2.15. The van der Waals surface area contributed by atoms with Crippen molar-refractivity contribution < 1.29 is 14.7 Å². The van der Waals surface area contributed by atoms with E-state index in [0.29, 0.717) is 17.0 Å². The van der Waals surface area contributed by atoms with Gasteiger partial charge >= 0.3 is 5.97 Å². The Kier molecular flexibility index (Phi) is 5.50. The predicted molar refractivity (Wildman–Crippen MR) is 90.6 cm³/mol. The van der Waals surface area contributed by atoms with E-state index < -0.39 is 12.0 Å². The van der Waals surface area contributed by atoms with Crippen LogP contribution in [0.5, 0.6) is 0 Å². The van der Waals surface area contributed by atoms with Crippen LogP contribution >= 0.6 is 11.3 Å². The SMILES string of the molecule is Cc1nc(-c2ccccc2)sc1C(=O)NC(CC(C)C)C(=O)O. The van der Waals surface area contributed by atoms with Crippen LogP contribution in [0.1, 0.15) is 35.6 Å². The van der Waals surface area contributed by atoms with E-state index in [1.165, 1.54) is 11.3 Å². The summed E-state index contributed by atoms with van der Waals surface area (Å²) in [5, 5.41) is 12.6. The molecule has 0 fully saturated rings. The third-order valence-electron chi connectivity index (χ3n) is 3.33. The molecule has 1 amide bonds. The first kappa shape index (κ1) is 17.1. The number of rotatable bonds is 6. The Hall–Kier alpha value is -2.21. The van der Waals surface area contributed by atoms with E-state index in [4.69, 9.17) is 0 Å². The van der Waals surface area contributed by atoms with Gasteiger partial charge in [-0.25, -0.2) is 9.78 Å². The number of aliphatic carboxylic acids is 1. The molecule has 2 aromatic rings. The first-order chi connectivity index (χ1) is 10.9. The molecule has 2 rings (SSSR count). The number of carbonyl (C=O) groups is 2. The first-order valence-corrected chi connectivity index (χ1v) is 8.26. The van der Waals surface area contributed by atoms with Crippen molar-refractivity contribution >= 4 is 23.2 Å². The van der Waals surface area contributed by atoms with Crippen LogP contribution in [-0.4, -0.2) is 28.0 Å². The molecule has 0 aliphatic heterocycles. The molecular weight excluding hydrogens is 312 g/mol. The summed E-state index contributed by atoms with van der Waals surface area (Å²) in [6.07, 6.45) is 0.393. The van der Waals surface area contributed by atoms with Gasteiger partial charge in [0.2, 0.25) is 0 Å². The van der Waals surface area contributed by atoms with E-state index in [1.54, 1.807) is 6.92 Å². The van der Waals surface area contributed by atoms with E-state index in [1.807, 2.05) is 44.2 Å². The number of carboxylic acid groups (broad SMARTS) is 1. The lowest BCUT2D eigenvalue weighted by atomic mass is 10.0. The van der Waals surface area contributed by atoms with Crippen molar-refractivity contribution in [2.24, 2.45) is 5.92 Å². The Bertz CT molecular complexity index is 695. The molecule has 0 radical (unpaired) electrons. The van der Waals surface area contributed by atoms with Gasteiger partial charge in [-0.15, -0.1) is 11.3 Å². The number of hydrogen-bond acceptors (Lipinski definition) is 4. The minimum Gasteiger partial charge on any atom is -0.480 e. The van der Waals surface area contributed by atoms with Gasteiger partial charge in [-0.1, -0.05) is 44.2 Å². The van der Waals surface area contributed by atoms with Crippen molar-refractivity contribution in [1.29, 1.82) is 0 Å². The van der Waals surface area contributed by atoms with Crippen molar-refractivity contribution in [3.63, 3.8) is 0 Å². The maximum absolute atomic E-state index is 12.4. The van der Waals surface area contributed by atoms with Gasteiger partial charge in [-0.3, -0.25) is 4.79 Å². The van der Waals surface area contributed by atoms with Crippen LogP contribution < -0.4 is 5.32 Å². The van der Waals surface area contributed by atoms with Crippen molar-refractivity contribution in [1.82, 2.24) is 10.3 Å². The molecule has 23 heavy (non-hydrogen) atoms. The van der Waals surface area contributed by atoms with Crippen LogP contribution in [0, 0.1) is 12.8 Å². The van der Waals surface area contributed by atoms with Gasteiger partial charge in [0.1, 0.15) is 15.9 Å². The van der Waals surface area contributed by atoms with Crippen LogP contribution in [-0.2, 0) is 4.79 Å². The number of carboxylic acids is 1. The van der Waals surface area contributed by atoms with Crippen LogP contribution in [0.3, 0.4) is 0 Å². The number of nitrogens with one attached hydrogen (secondary N) is 1. The maximum Gasteiger partial charge on any atom is 0.326 e. The van der Waals surface area contributed by atoms with Crippen molar-refractivity contribution in [3.8, 4) is 10.6 Å². The van der Waals surface area contributed by atoms with Crippen LogP contribution in [0.4, 0.5) is 0 Å². The number of aryl methyl sites for hydroxylation is 1. The molecule has 0 spiro atoms. The molecule has 1 unspecified atom stereocenters. The minimum absolute atomic E-state index is 0.179. The highest BCUT2D eigenvalue weighted by Crippen LogP contribution is 2.27. The molecule has 0 aliphatic rings. The summed E-state index contributed by atoms with van der Waals surface area (Å²) in [6.45, 7) is 5.61. The largest absolute Gasteiger partial charge is 0.480 e. The summed E-state index contributed by atoms with van der Waals surface area (Å²) >= 11 is 1.28. The number of thiazole rings is 1. The summed E-state index contributed by atoms with van der Waals surface area (Å²) in [5.74, 6) is -1.22. The molecule has 5 nitrogen and oxygen atoms in total. The van der Waals surface area contributed by atoms with Crippen molar-refractivity contribution in [2.45, 2.75) is 33.2 Å². The molecule has 1 heterocycles. The molecule has 2 N–H and O–H groups in total. The van der Waals surface area contributed by atoms with E-state index in [0.717, 1.165) is 10.6 Å². The Morgan fingerprint density at radius 3 is 2.48 bits per heavy atom. The van der Waals surface area contributed by atoms with Gasteiger partial charge in [0.15, 0.2) is 0 Å². The number of nitrogens with zero attached hydrogens (tertiary/aromatic N) is 1. The number of carbonyl (C=O) groups excluding carboxylic acids is 1. The third kappa shape index (κ3) is 4.39. The third-order valence-corrected chi connectivity index (χ3v) is 4.54. The number of amides is 1. The fraction of sp³-hybridized carbons (Fsp3) is 0.353. The van der Waals surface area contributed by atoms with Crippen molar-refractivity contribution in [2.75, 3.05) is 0 Å². The average molecular weight is 332 g/mol. The lowest BCUT2D eigenvalue weighted by Crippen LogP contribution is -2.41. The van der Waals surface area contributed by atoms with Gasteiger partial charge in [-0.2, -0.15) is 0 Å². The number of aromatic nitrogens is 1. The smallest absolute Gasteiger partial charge is 0.326 e. The molecule has 0 saturated carbocycles. The zero-order chi connectivity index (χ0) is 17.0. The van der Waals surface area contributed by atoms with Crippen molar-refractivity contribution in [3.05, 3.63) is 40.9 Å². The molecule has 0 saturated heterocycles.